The minimum absolute atomic E-state index is 0.0814. The Morgan fingerprint density at radius 2 is 1.92 bits per heavy atom. The van der Waals surface area contributed by atoms with E-state index in [0.717, 1.165) is 18.2 Å². The highest BCUT2D eigenvalue weighted by Crippen LogP contribution is 2.36. The van der Waals surface area contributed by atoms with Crippen LogP contribution < -0.4 is 5.32 Å². The molecule has 4 nitrogen and oxygen atoms in total. The Morgan fingerprint density at radius 1 is 1.20 bits per heavy atom. The maximum atomic E-state index is 12.7. The molecule has 2 aromatic carbocycles. The van der Waals surface area contributed by atoms with Crippen molar-refractivity contribution in [2.45, 2.75) is 18.7 Å². The molecule has 0 aliphatic carbocycles. The number of fused-ring (bicyclic) bond motifs is 1. The number of nitrogens with one attached hydrogen (secondary N) is 1. The number of carbonyl (C=O) groups is 2. The number of hydrogen-bond acceptors (Lipinski definition) is 3. The summed E-state index contributed by atoms with van der Waals surface area (Å²) in [4.78, 5) is 24.2. The highest BCUT2D eigenvalue weighted by atomic mass is 35.5. The van der Waals surface area contributed by atoms with E-state index < -0.39 is 34.7 Å². The van der Waals surface area contributed by atoms with Gasteiger partial charge >= 0.3 is 12.1 Å². The van der Waals surface area contributed by atoms with Crippen molar-refractivity contribution in [3.05, 3.63) is 64.2 Å². The molecule has 25 heavy (non-hydrogen) atoms. The van der Waals surface area contributed by atoms with Crippen molar-refractivity contribution in [3.8, 4) is 0 Å². The largest absolute Gasteiger partial charge is 0.448 e. The van der Waals surface area contributed by atoms with Gasteiger partial charge in [0, 0.05) is 12.1 Å². The molecule has 3 rings (SSSR count). The molecule has 0 radical (unpaired) electrons. The number of anilines is 1. The number of esters is 1. The van der Waals surface area contributed by atoms with E-state index in [2.05, 4.69) is 5.32 Å². The number of ether oxygens (including phenoxy) is 1. The Kier molecular flexibility index (Phi) is 4.43. The van der Waals surface area contributed by atoms with Crippen LogP contribution >= 0.6 is 11.6 Å². The van der Waals surface area contributed by atoms with Crippen LogP contribution in [0.2, 0.25) is 5.02 Å². The SMILES string of the molecule is O=C1O[C@@H](C(=O)Nc2ccc(C(F)(F)F)c(Cl)c2)Cc2ccccc21. The standard InChI is InChI=1S/C17H11ClF3NO3/c18-13-8-10(5-6-12(13)17(19,20)21)22-15(23)14-7-9-3-1-2-4-11(9)16(24)25-14/h1-6,8,14H,7H2,(H,22,23)/t14-/m1/s1. The van der Waals surface area contributed by atoms with Crippen LogP contribution in [0.3, 0.4) is 0 Å². The van der Waals surface area contributed by atoms with Gasteiger partial charge in [-0.15, -0.1) is 0 Å². The number of benzene rings is 2. The molecule has 8 heteroatoms. The fourth-order valence-corrected chi connectivity index (χ4v) is 2.81. The molecule has 0 unspecified atom stereocenters. The van der Waals surface area contributed by atoms with Crippen molar-refractivity contribution in [2.24, 2.45) is 0 Å². The number of alkyl halides is 3. The van der Waals surface area contributed by atoms with Crippen LogP contribution in [0.15, 0.2) is 42.5 Å². The smallest absolute Gasteiger partial charge is 0.417 e. The molecular formula is C17H11ClF3NO3. The van der Waals surface area contributed by atoms with E-state index in [4.69, 9.17) is 16.3 Å². The highest BCUT2D eigenvalue weighted by molar-refractivity contribution is 6.31. The lowest BCUT2D eigenvalue weighted by Crippen LogP contribution is -2.37. The second-order valence-corrected chi connectivity index (χ2v) is 5.84. The summed E-state index contributed by atoms with van der Waals surface area (Å²) in [6, 6.07) is 9.60. The monoisotopic (exact) mass is 369 g/mol. The number of amides is 1. The van der Waals surface area contributed by atoms with Crippen LogP contribution in [0.1, 0.15) is 21.5 Å². The molecule has 0 aromatic heterocycles. The Labute approximate surface area is 145 Å². The quantitative estimate of drug-likeness (QED) is 0.812. The lowest BCUT2D eigenvalue weighted by Gasteiger charge is -2.23. The van der Waals surface area contributed by atoms with Gasteiger partial charge in [-0.1, -0.05) is 29.8 Å². The van der Waals surface area contributed by atoms with E-state index in [9.17, 15) is 22.8 Å². The van der Waals surface area contributed by atoms with Crippen LogP contribution in [-0.4, -0.2) is 18.0 Å². The maximum absolute atomic E-state index is 12.7. The third-order valence-corrected chi connectivity index (χ3v) is 4.04. The van der Waals surface area contributed by atoms with E-state index in [0.29, 0.717) is 11.1 Å². The predicted octanol–water partition coefficient (Wildman–Crippen LogP) is 4.08. The number of cyclic esters (lactones) is 1. The van der Waals surface area contributed by atoms with Crippen molar-refractivity contribution in [2.75, 3.05) is 5.32 Å². The van der Waals surface area contributed by atoms with Crippen molar-refractivity contribution in [1.82, 2.24) is 0 Å². The molecule has 130 valence electrons. The van der Waals surface area contributed by atoms with Crippen LogP contribution in [0, 0.1) is 0 Å². The van der Waals surface area contributed by atoms with Gasteiger partial charge in [0.25, 0.3) is 5.91 Å². The van der Waals surface area contributed by atoms with E-state index in [-0.39, 0.29) is 12.1 Å². The average Bonchev–Trinajstić information content (AvgIpc) is 2.53. The number of carbonyl (C=O) groups excluding carboxylic acids is 2. The van der Waals surface area contributed by atoms with Crippen LogP contribution in [0.25, 0.3) is 0 Å². The highest BCUT2D eigenvalue weighted by Gasteiger charge is 2.34. The van der Waals surface area contributed by atoms with Crippen LogP contribution in [-0.2, 0) is 22.1 Å². The first-order valence-corrected chi connectivity index (χ1v) is 7.60. The van der Waals surface area contributed by atoms with Gasteiger partial charge < -0.3 is 10.1 Å². The third kappa shape index (κ3) is 3.61. The third-order valence-electron chi connectivity index (χ3n) is 3.73. The fourth-order valence-electron chi connectivity index (χ4n) is 2.52. The molecule has 1 aliphatic heterocycles. The van der Waals surface area contributed by atoms with Gasteiger partial charge in [0.1, 0.15) is 0 Å². The molecule has 1 amide bonds. The second kappa shape index (κ2) is 6.40. The van der Waals surface area contributed by atoms with E-state index in [1.54, 1.807) is 24.3 Å². The first-order valence-electron chi connectivity index (χ1n) is 7.22. The Morgan fingerprint density at radius 3 is 2.60 bits per heavy atom. The van der Waals surface area contributed by atoms with Gasteiger partial charge in [0.2, 0.25) is 0 Å². The first kappa shape index (κ1) is 17.3. The fraction of sp³-hybridized carbons (Fsp3) is 0.176. The van der Waals surface area contributed by atoms with Crippen molar-refractivity contribution in [3.63, 3.8) is 0 Å². The summed E-state index contributed by atoms with van der Waals surface area (Å²) in [5, 5.41) is 1.88. The molecule has 0 saturated heterocycles. The lowest BCUT2D eigenvalue weighted by atomic mass is 9.98. The topological polar surface area (TPSA) is 55.4 Å². The molecule has 0 spiro atoms. The minimum atomic E-state index is -4.58. The van der Waals surface area contributed by atoms with Crippen LogP contribution in [0.5, 0.6) is 0 Å². The summed E-state index contributed by atoms with van der Waals surface area (Å²) in [6.07, 6.45) is -5.46. The lowest BCUT2D eigenvalue weighted by molar-refractivity contribution is -0.137. The van der Waals surface area contributed by atoms with E-state index >= 15 is 0 Å². The van der Waals surface area contributed by atoms with Gasteiger partial charge in [-0.05, 0) is 29.8 Å². The number of rotatable bonds is 2. The first-order chi connectivity index (χ1) is 11.8. The normalized spacial score (nSPS) is 16.8. The minimum Gasteiger partial charge on any atom is -0.448 e. The molecule has 1 N–H and O–H groups in total. The number of halogens is 4. The average molecular weight is 370 g/mol. The Bertz CT molecular complexity index is 851. The molecule has 0 saturated carbocycles. The van der Waals surface area contributed by atoms with Gasteiger partial charge in [0.15, 0.2) is 6.10 Å². The summed E-state index contributed by atoms with van der Waals surface area (Å²) in [6.45, 7) is 0. The van der Waals surface area contributed by atoms with Crippen LogP contribution in [0.4, 0.5) is 18.9 Å². The second-order valence-electron chi connectivity index (χ2n) is 5.44. The van der Waals surface area contributed by atoms with Gasteiger partial charge in [0.05, 0.1) is 16.1 Å². The Balaban J connectivity index is 1.75. The molecule has 1 heterocycles. The molecule has 0 bridgehead atoms. The summed E-state index contributed by atoms with van der Waals surface area (Å²) in [5.41, 5.74) is 0.150. The maximum Gasteiger partial charge on any atom is 0.417 e. The molecule has 1 aliphatic rings. The molecule has 0 fully saturated rings. The predicted molar refractivity (Wildman–Crippen MR) is 84.4 cm³/mol. The van der Waals surface area contributed by atoms with E-state index in [1.165, 1.54) is 0 Å². The molecule has 2 aromatic rings. The van der Waals surface area contributed by atoms with Gasteiger partial charge in [-0.3, -0.25) is 4.79 Å². The molecule has 1 atom stereocenters. The summed E-state index contributed by atoms with van der Waals surface area (Å²) < 4.78 is 43.2. The zero-order valence-electron chi connectivity index (χ0n) is 12.6. The molecular weight excluding hydrogens is 359 g/mol. The van der Waals surface area contributed by atoms with Crippen molar-refractivity contribution < 1.29 is 27.5 Å². The summed E-state index contributed by atoms with van der Waals surface area (Å²) >= 11 is 5.62. The van der Waals surface area contributed by atoms with Crippen molar-refractivity contribution in [1.29, 1.82) is 0 Å². The Hall–Kier alpha value is -2.54. The van der Waals surface area contributed by atoms with Crippen molar-refractivity contribution >= 4 is 29.2 Å². The number of hydrogen-bond donors (Lipinski definition) is 1. The van der Waals surface area contributed by atoms with E-state index in [1.807, 2.05) is 0 Å². The zero-order chi connectivity index (χ0) is 18.2. The summed E-state index contributed by atoms with van der Waals surface area (Å²) in [7, 11) is 0. The van der Waals surface area contributed by atoms with Gasteiger partial charge in [-0.25, -0.2) is 4.79 Å². The summed E-state index contributed by atoms with van der Waals surface area (Å²) in [5.74, 6) is -1.26. The van der Waals surface area contributed by atoms with Gasteiger partial charge in [-0.2, -0.15) is 13.2 Å². The zero-order valence-corrected chi connectivity index (χ0v) is 13.3.